The Balaban J connectivity index is 1.48. The van der Waals surface area contributed by atoms with E-state index in [-0.39, 0.29) is 6.42 Å². The third-order valence-electron chi connectivity index (χ3n) is 6.36. The lowest BCUT2D eigenvalue weighted by molar-refractivity contribution is -0.161. The zero-order valence-electron chi connectivity index (χ0n) is 14.1. The van der Waals surface area contributed by atoms with E-state index in [4.69, 9.17) is 10.00 Å². The highest BCUT2D eigenvalue weighted by Gasteiger charge is 2.41. The molecule has 3 nitrogen and oxygen atoms in total. The number of rotatable bonds is 3. The first-order valence-electron chi connectivity index (χ1n) is 9.46. The molecule has 3 aliphatic rings. The van der Waals surface area contributed by atoms with Crippen molar-refractivity contribution in [2.45, 2.75) is 82.7 Å². The molecule has 24 heavy (non-hydrogen) atoms. The quantitative estimate of drug-likeness (QED) is 0.711. The first kappa shape index (κ1) is 17.6. The van der Waals surface area contributed by atoms with Crippen molar-refractivity contribution in [3.05, 3.63) is 0 Å². The molecule has 0 spiro atoms. The molecule has 3 rings (SSSR count). The van der Waals surface area contributed by atoms with E-state index in [1.165, 1.54) is 25.7 Å². The summed E-state index contributed by atoms with van der Waals surface area (Å²) in [6.07, 6.45) is 4.91. The van der Waals surface area contributed by atoms with Crippen LogP contribution in [-0.4, -0.2) is 24.4 Å². The van der Waals surface area contributed by atoms with Gasteiger partial charge in [-0.25, -0.2) is 8.78 Å². The van der Waals surface area contributed by atoms with Gasteiger partial charge in [0.15, 0.2) is 0 Å². The van der Waals surface area contributed by atoms with Crippen LogP contribution in [0, 0.1) is 35.0 Å². The Labute approximate surface area is 142 Å². The number of carbonyl (C=O) groups excluding carboxylic acids is 1. The van der Waals surface area contributed by atoms with Crippen molar-refractivity contribution in [3.63, 3.8) is 0 Å². The maximum atomic E-state index is 14.5. The first-order chi connectivity index (χ1) is 11.6. The van der Waals surface area contributed by atoms with Gasteiger partial charge in [-0.15, -0.1) is 0 Å². The molecule has 0 aromatic heterocycles. The average Bonchev–Trinajstić information content (AvgIpc) is 3.09. The van der Waals surface area contributed by atoms with Crippen LogP contribution >= 0.6 is 0 Å². The highest BCUT2D eigenvalue weighted by molar-refractivity contribution is 5.73. The van der Waals surface area contributed by atoms with Gasteiger partial charge in [-0.05, 0) is 43.9 Å². The Morgan fingerprint density at radius 2 is 1.67 bits per heavy atom. The highest BCUT2D eigenvalue weighted by Crippen LogP contribution is 2.42. The van der Waals surface area contributed by atoms with Crippen LogP contribution in [0.1, 0.15) is 64.2 Å². The summed E-state index contributed by atoms with van der Waals surface area (Å²) in [6.45, 7) is 0. The molecule has 0 amide bonds. The molecule has 0 heterocycles. The summed E-state index contributed by atoms with van der Waals surface area (Å²) in [6, 6.07) is 1.95. The minimum atomic E-state index is -1.25. The van der Waals surface area contributed by atoms with Crippen LogP contribution in [0.2, 0.25) is 0 Å². The van der Waals surface area contributed by atoms with Gasteiger partial charge in [0.1, 0.15) is 18.4 Å². The van der Waals surface area contributed by atoms with Gasteiger partial charge >= 0.3 is 5.97 Å². The van der Waals surface area contributed by atoms with Crippen molar-refractivity contribution in [1.29, 1.82) is 5.26 Å². The summed E-state index contributed by atoms with van der Waals surface area (Å²) in [7, 11) is 0. The molecular weight excluding hydrogens is 312 g/mol. The molecule has 0 aromatic carbocycles. The summed E-state index contributed by atoms with van der Waals surface area (Å²) in [4.78, 5) is 12.3. The number of esters is 1. The van der Waals surface area contributed by atoms with Gasteiger partial charge in [0.25, 0.3) is 0 Å². The maximum Gasteiger partial charge on any atom is 0.312 e. The van der Waals surface area contributed by atoms with Crippen molar-refractivity contribution in [2.24, 2.45) is 23.7 Å². The molecule has 0 aromatic rings. The van der Waals surface area contributed by atoms with Gasteiger partial charge in [0, 0.05) is 6.42 Å². The lowest BCUT2D eigenvalue weighted by Crippen LogP contribution is -2.38. The number of nitriles is 1. The molecule has 0 aliphatic heterocycles. The second-order valence-corrected chi connectivity index (χ2v) is 7.86. The molecule has 6 atom stereocenters. The number of hydrogen-bond donors (Lipinski definition) is 0. The van der Waals surface area contributed by atoms with E-state index >= 15 is 0 Å². The first-order valence-corrected chi connectivity index (χ1v) is 9.46. The predicted molar refractivity (Wildman–Crippen MR) is 85.4 cm³/mol. The van der Waals surface area contributed by atoms with Crippen molar-refractivity contribution in [1.82, 2.24) is 0 Å². The van der Waals surface area contributed by atoms with Crippen LogP contribution in [0.25, 0.3) is 0 Å². The molecular formula is C19H27F2NO2. The Morgan fingerprint density at radius 3 is 2.29 bits per heavy atom. The van der Waals surface area contributed by atoms with Gasteiger partial charge in [-0.1, -0.05) is 25.7 Å². The number of ether oxygens (including phenoxy) is 1. The van der Waals surface area contributed by atoms with E-state index < -0.39 is 36.3 Å². The van der Waals surface area contributed by atoms with Crippen LogP contribution in [-0.2, 0) is 9.53 Å². The minimum absolute atomic E-state index is 0.0678. The molecule has 3 fully saturated rings. The number of alkyl halides is 2. The minimum Gasteiger partial charge on any atom is -0.462 e. The zero-order valence-corrected chi connectivity index (χ0v) is 14.1. The van der Waals surface area contributed by atoms with Crippen molar-refractivity contribution >= 4 is 5.97 Å². The smallest absolute Gasteiger partial charge is 0.312 e. The molecule has 0 radical (unpaired) electrons. The molecule has 3 aliphatic carbocycles. The van der Waals surface area contributed by atoms with Gasteiger partial charge in [-0.2, -0.15) is 5.26 Å². The zero-order chi connectivity index (χ0) is 17.1. The van der Waals surface area contributed by atoms with E-state index in [0.29, 0.717) is 37.5 Å². The number of hydrogen-bond acceptors (Lipinski definition) is 3. The fourth-order valence-corrected chi connectivity index (χ4v) is 4.85. The standard InChI is InChI=1S/C19H27F2NO2/c20-17-10-15(7-5-14(17)11-22)24-19(23)16-8-6-13(9-18(16)21)12-3-1-2-4-12/h12-18H,1-10H2. The van der Waals surface area contributed by atoms with Gasteiger partial charge in [0.05, 0.1) is 17.9 Å². The normalized spacial score (nSPS) is 40.9. The molecule has 134 valence electrons. The fourth-order valence-electron chi connectivity index (χ4n) is 4.85. The Hall–Kier alpha value is -1.18. The van der Waals surface area contributed by atoms with Gasteiger partial charge < -0.3 is 4.74 Å². The summed E-state index contributed by atoms with van der Waals surface area (Å²) in [5.41, 5.74) is 0. The Bertz CT molecular complexity index is 486. The van der Waals surface area contributed by atoms with Crippen LogP contribution in [0.5, 0.6) is 0 Å². The lowest BCUT2D eigenvalue weighted by atomic mass is 9.74. The van der Waals surface area contributed by atoms with Crippen LogP contribution in [0.4, 0.5) is 8.78 Å². The van der Waals surface area contributed by atoms with Gasteiger partial charge in [0.2, 0.25) is 0 Å². The van der Waals surface area contributed by atoms with E-state index in [2.05, 4.69) is 0 Å². The van der Waals surface area contributed by atoms with Crippen molar-refractivity contribution in [2.75, 3.05) is 0 Å². The van der Waals surface area contributed by atoms with Crippen molar-refractivity contribution < 1.29 is 18.3 Å². The number of halogens is 2. The summed E-state index contributed by atoms with van der Waals surface area (Å²) >= 11 is 0. The lowest BCUT2D eigenvalue weighted by Gasteiger charge is -2.35. The number of nitrogens with zero attached hydrogens (tertiary/aromatic N) is 1. The third kappa shape index (κ3) is 3.90. The molecule has 0 bridgehead atoms. The van der Waals surface area contributed by atoms with E-state index in [9.17, 15) is 13.6 Å². The summed E-state index contributed by atoms with van der Waals surface area (Å²) in [5, 5.41) is 8.84. The SMILES string of the molecule is N#CC1CCC(OC(=O)C2CCC(C3CCCC3)CC2F)CC1F. The van der Waals surface area contributed by atoms with E-state index in [1.54, 1.807) is 0 Å². The summed E-state index contributed by atoms with van der Waals surface area (Å²) in [5.74, 6) is -0.744. The van der Waals surface area contributed by atoms with Crippen molar-refractivity contribution in [3.8, 4) is 6.07 Å². The summed E-state index contributed by atoms with van der Waals surface area (Å²) < 4.78 is 33.7. The fraction of sp³-hybridized carbons (Fsp3) is 0.895. The molecule has 0 N–H and O–H groups in total. The Kier molecular flexibility index (Phi) is 5.73. The molecule has 5 heteroatoms. The largest absolute Gasteiger partial charge is 0.462 e. The van der Waals surface area contributed by atoms with Crippen LogP contribution < -0.4 is 0 Å². The second-order valence-electron chi connectivity index (χ2n) is 7.86. The van der Waals surface area contributed by atoms with E-state index in [1.807, 2.05) is 6.07 Å². The maximum absolute atomic E-state index is 14.5. The third-order valence-corrected chi connectivity index (χ3v) is 6.36. The predicted octanol–water partition coefficient (Wildman–Crippen LogP) is 4.50. The number of carbonyl (C=O) groups is 1. The average molecular weight is 339 g/mol. The highest BCUT2D eigenvalue weighted by atomic mass is 19.1. The van der Waals surface area contributed by atoms with Crippen LogP contribution in [0.3, 0.4) is 0 Å². The topological polar surface area (TPSA) is 50.1 Å². The van der Waals surface area contributed by atoms with Crippen LogP contribution in [0.15, 0.2) is 0 Å². The van der Waals surface area contributed by atoms with Gasteiger partial charge in [-0.3, -0.25) is 4.79 Å². The second kappa shape index (κ2) is 7.80. The monoisotopic (exact) mass is 339 g/mol. The Morgan fingerprint density at radius 1 is 0.917 bits per heavy atom. The molecule has 0 saturated heterocycles. The molecule has 6 unspecified atom stereocenters. The molecule has 3 saturated carbocycles. The van der Waals surface area contributed by atoms with E-state index in [0.717, 1.165) is 6.42 Å².